The van der Waals surface area contributed by atoms with E-state index < -0.39 is 0 Å². The van der Waals surface area contributed by atoms with E-state index >= 15 is 0 Å². The quantitative estimate of drug-likeness (QED) is 0.636. The monoisotopic (exact) mass is 197 g/mol. The maximum absolute atomic E-state index is 6.00. The number of hydrogen-bond acceptors (Lipinski definition) is 2. The smallest absolute Gasteiger partial charge is 0.0587 e. The fraction of sp³-hybridized carbons (Fsp3) is 0.833. The average molecular weight is 197 g/mol. The van der Waals surface area contributed by atoms with E-state index in [9.17, 15) is 0 Å². The second-order valence-corrected chi connectivity index (χ2v) is 4.53. The third kappa shape index (κ3) is 3.81. The summed E-state index contributed by atoms with van der Waals surface area (Å²) in [5, 5.41) is 0. The molecule has 0 amide bonds. The predicted molar refractivity (Wildman–Crippen MR) is 60.1 cm³/mol. The molecule has 0 aromatic heterocycles. The van der Waals surface area contributed by atoms with E-state index in [1.54, 1.807) is 0 Å². The molecule has 0 bridgehead atoms. The molecule has 3 unspecified atom stereocenters. The van der Waals surface area contributed by atoms with Crippen LogP contribution in [0.1, 0.15) is 33.1 Å². The molecule has 1 saturated carbocycles. The van der Waals surface area contributed by atoms with Crippen LogP contribution in [0, 0.1) is 11.8 Å². The lowest BCUT2D eigenvalue weighted by atomic mass is 9.95. The van der Waals surface area contributed by atoms with Gasteiger partial charge in [-0.15, -0.1) is 6.58 Å². The van der Waals surface area contributed by atoms with E-state index in [0.29, 0.717) is 5.92 Å². The number of ether oxygens (including phenoxy) is 1. The van der Waals surface area contributed by atoms with Gasteiger partial charge in [0.15, 0.2) is 0 Å². The Morgan fingerprint density at radius 3 is 2.64 bits per heavy atom. The first-order valence-electron chi connectivity index (χ1n) is 5.63. The summed E-state index contributed by atoms with van der Waals surface area (Å²) in [4.78, 5) is 0. The van der Waals surface area contributed by atoms with E-state index in [4.69, 9.17) is 10.5 Å². The molecule has 3 atom stereocenters. The van der Waals surface area contributed by atoms with Crippen LogP contribution in [0.5, 0.6) is 0 Å². The average Bonchev–Trinajstić information content (AvgIpc) is 2.97. The molecule has 82 valence electrons. The summed E-state index contributed by atoms with van der Waals surface area (Å²) < 4.78 is 5.78. The topological polar surface area (TPSA) is 35.2 Å². The molecule has 14 heavy (non-hydrogen) atoms. The molecule has 1 rings (SSSR count). The molecule has 1 aliphatic rings. The van der Waals surface area contributed by atoms with Crippen molar-refractivity contribution in [1.82, 2.24) is 0 Å². The Balaban J connectivity index is 2.18. The molecule has 1 fully saturated rings. The number of rotatable bonds is 7. The molecule has 1 aliphatic carbocycles. The van der Waals surface area contributed by atoms with Crippen molar-refractivity contribution in [1.29, 1.82) is 0 Å². The summed E-state index contributed by atoms with van der Waals surface area (Å²) in [7, 11) is 0. The Morgan fingerprint density at radius 1 is 1.50 bits per heavy atom. The lowest BCUT2D eigenvalue weighted by Gasteiger charge is -2.25. The molecule has 2 heteroatoms. The van der Waals surface area contributed by atoms with Crippen LogP contribution < -0.4 is 5.73 Å². The lowest BCUT2D eigenvalue weighted by Crippen LogP contribution is -2.36. The van der Waals surface area contributed by atoms with Crippen molar-refractivity contribution in [3.63, 3.8) is 0 Å². The first-order valence-corrected chi connectivity index (χ1v) is 5.63. The number of nitrogens with two attached hydrogens (primary N) is 1. The molecule has 0 radical (unpaired) electrons. The van der Waals surface area contributed by atoms with E-state index in [1.165, 1.54) is 12.8 Å². The predicted octanol–water partition coefficient (Wildman–Crippen LogP) is 2.34. The van der Waals surface area contributed by atoms with Gasteiger partial charge in [-0.05, 0) is 38.0 Å². The first-order chi connectivity index (χ1) is 6.65. The summed E-state index contributed by atoms with van der Waals surface area (Å²) in [5.41, 5.74) is 6.00. The highest BCUT2D eigenvalue weighted by atomic mass is 16.5. The van der Waals surface area contributed by atoms with Crippen molar-refractivity contribution < 1.29 is 4.74 Å². The molecular formula is C12H23NO. The molecular weight excluding hydrogens is 174 g/mol. The zero-order valence-corrected chi connectivity index (χ0v) is 9.41. The van der Waals surface area contributed by atoms with Crippen molar-refractivity contribution in [2.75, 3.05) is 6.61 Å². The van der Waals surface area contributed by atoms with Crippen LogP contribution in [0.3, 0.4) is 0 Å². The zero-order valence-electron chi connectivity index (χ0n) is 9.41. The van der Waals surface area contributed by atoms with Gasteiger partial charge in [0.2, 0.25) is 0 Å². The molecule has 2 nitrogen and oxygen atoms in total. The summed E-state index contributed by atoms with van der Waals surface area (Å²) in [5.74, 6) is 1.24. The lowest BCUT2D eigenvalue weighted by molar-refractivity contribution is 0.0168. The summed E-state index contributed by atoms with van der Waals surface area (Å²) >= 11 is 0. The van der Waals surface area contributed by atoms with Crippen LogP contribution in [0.15, 0.2) is 12.7 Å². The van der Waals surface area contributed by atoms with Gasteiger partial charge in [0, 0.05) is 12.6 Å². The van der Waals surface area contributed by atoms with Crippen molar-refractivity contribution >= 4 is 0 Å². The van der Waals surface area contributed by atoms with Crippen LogP contribution >= 0.6 is 0 Å². The van der Waals surface area contributed by atoms with Crippen LogP contribution in [0.4, 0.5) is 0 Å². The van der Waals surface area contributed by atoms with Crippen molar-refractivity contribution in [3.05, 3.63) is 12.7 Å². The third-order valence-electron chi connectivity index (χ3n) is 3.15. The Hall–Kier alpha value is -0.340. The second-order valence-electron chi connectivity index (χ2n) is 4.53. The van der Waals surface area contributed by atoms with Crippen molar-refractivity contribution in [2.45, 2.75) is 45.3 Å². The molecule has 0 heterocycles. The van der Waals surface area contributed by atoms with Crippen molar-refractivity contribution in [3.8, 4) is 0 Å². The maximum Gasteiger partial charge on any atom is 0.0587 e. The zero-order chi connectivity index (χ0) is 10.6. The minimum Gasteiger partial charge on any atom is -0.378 e. The van der Waals surface area contributed by atoms with Gasteiger partial charge < -0.3 is 10.5 Å². The van der Waals surface area contributed by atoms with E-state index in [2.05, 4.69) is 20.4 Å². The Kier molecular flexibility index (Phi) is 4.63. The van der Waals surface area contributed by atoms with Gasteiger partial charge in [-0.25, -0.2) is 0 Å². The first kappa shape index (κ1) is 11.7. The van der Waals surface area contributed by atoms with Crippen LogP contribution in [-0.2, 0) is 4.74 Å². The van der Waals surface area contributed by atoms with Gasteiger partial charge in [0.05, 0.1) is 6.10 Å². The van der Waals surface area contributed by atoms with Gasteiger partial charge >= 0.3 is 0 Å². The minimum absolute atomic E-state index is 0.182. The fourth-order valence-electron chi connectivity index (χ4n) is 1.48. The summed E-state index contributed by atoms with van der Waals surface area (Å²) in [6.45, 7) is 8.91. The largest absolute Gasteiger partial charge is 0.378 e. The molecule has 0 aromatic carbocycles. The third-order valence-corrected chi connectivity index (χ3v) is 3.15. The highest BCUT2D eigenvalue weighted by Crippen LogP contribution is 2.29. The Morgan fingerprint density at radius 2 is 2.14 bits per heavy atom. The highest BCUT2D eigenvalue weighted by Gasteiger charge is 2.25. The standard InChI is InChI=1S/C12H23NO/c1-4-5-12(13)9(2)10(3)14-8-11-6-7-11/h4,9-12H,1,5-8,13H2,2-3H3. The van der Waals surface area contributed by atoms with E-state index in [-0.39, 0.29) is 12.1 Å². The minimum atomic E-state index is 0.182. The second kappa shape index (κ2) is 5.52. The molecule has 0 aliphatic heterocycles. The normalized spacial score (nSPS) is 22.8. The highest BCUT2D eigenvalue weighted by molar-refractivity contribution is 4.82. The van der Waals surface area contributed by atoms with E-state index in [0.717, 1.165) is 18.9 Å². The molecule has 0 spiro atoms. The van der Waals surface area contributed by atoms with Crippen molar-refractivity contribution in [2.24, 2.45) is 17.6 Å². The van der Waals surface area contributed by atoms with Gasteiger partial charge in [0.25, 0.3) is 0 Å². The fourth-order valence-corrected chi connectivity index (χ4v) is 1.48. The van der Waals surface area contributed by atoms with E-state index in [1.807, 2.05) is 6.08 Å². The van der Waals surface area contributed by atoms with Gasteiger partial charge in [-0.3, -0.25) is 0 Å². The SMILES string of the molecule is C=CCC(N)C(C)C(C)OCC1CC1. The molecule has 0 saturated heterocycles. The summed E-state index contributed by atoms with van der Waals surface area (Å²) in [6, 6.07) is 0.182. The van der Waals surface area contributed by atoms with Gasteiger partial charge in [-0.2, -0.15) is 0 Å². The molecule has 0 aromatic rings. The Labute approximate surface area is 87.5 Å². The maximum atomic E-state index is 6.00. The van der Waals surface area contributed by atoms with Gasteiger partial charge in [0.1, 0.15) is 0 Å². The number of hydrogen-bond donors (Lipinski definition) is 1. The van der Waals surface area contributed by atoms with Crippen LogP contribution in [0.2, 0.25) is 0 Å². The summed E-state index contributed by atoms with van der Waals surface area (Å²) in [6.07, 6.45) is 5.72. The molecule has 2 N–H and O–H groups in total. The van der Waals surface area contributed by atoms with Gasteiger partial charge in [-0.1, -0.05) is 13.0 Å². The van der Waals surface area contributed by atoms with Crippen LogP contribution in [0.25, 0.3) is 0 Å². The van der Waals surface area contributed by atoms with Crippen LogP contribution in [-0.4, -0.2) is 18.8 Å². The Bertz CT molecular complexity index is 177.